The third kappa shape index (κ3) is 2.22. The summed E-state index contributed by atoms with van der Waals surface area (Å²) >= 11 is 0. The van der Waals surface area contributed by atoms with Gasteiger partial charge >= 0.3 is 0 Å². The first kappa shape index (κ1) is 8.60. The van der Waals surface area contributed by atoms with E-state index < -0.39 is 0 Å². The Balaban J connectivity index is 2.43. The molecule has 1 aliphatic rings. The highest BCUT2D eigenvalue weighted by atomic mass is 15.2. The van der Waals surface area contributed by atoms with Crippen LogP contribution in [0.5, 0.6) is 0 Å². The van der Waals surface area contributed by atoms with Gasteiger partial charge in [-0.15, -0.1) is 0 Å². The van der Waals surface area contributed by atoms with Crippen molar-refractivity contribution in [1.29, 1.82) is 0 Å². The Bertz CT molecular complexity index is 134. The number of hydrogen-bond acceptors (Lipinski definition) is 2. The maximum Gasteiger partial charge on any atom is 0.0300 e. The van der Waals surface area contributed by atoms with Gasteiger partial charge in [0, 0.05) is 31.9 Å². The minimum absolute atomic E-state index is 1.14. The number of allylic oxidation sites excluding steroid dienone is 2. The molecule has 0 unspecified atom stereocenters. The molecular weight excluding hydrogens is 136 g/mol. The summed E-state index contributed by atoms with van der Waals surface area (Å²) in [6.07, 6.45) is 3.39. The van der Waals surface area contributed by atoms with E-state index in [1.165, 1.54) is 18.8 Å². The Morgan fingerprint density at radius 1 is 1.45 bits per heavy atom. The highest BCUT2D eigenvalue weighted by Crippen LogP contribution is 2.08. The molecule has 1 rings (SSSR count). The second-order valence-electron chi connectivity index (χ2n) is 2.87. The van der Waals surface area contributed by atoms with Crippen LogP contribution in [0.4, 0.5) is 0 Å². The molecule has 0 bridgehead atoms. The van der Waals surface area contributed by atoms with Gasteiger partial charge in [0.05, 0.1) is 0 Å². The summed E-state index contributed by atoms with van der Waals surface area (Å²) in [4.78, 5) is 2.47. The van der Waals surface area contributed by atoms with Crippen LogP contribution in [-0.2, 0) is 0 Å². The summed E-state index contributed by atoms with van der Waals surface area (Å²) in [6, 6.07) is 0. The monoisotopic (exact) mass is 154 g/mol. The fourth-order valence-electron chi connectivity index (χ4n) is 1.56. The zero-order chi connectivity index (χ0) is 8.10. The molecule has 2 heteroatoms. The summed E-state index contributed by atoms with van der Waals surface area (Å²) in [5.74, 6) is 0. The molecule has 0 saturated carbocycles. The van der Waals surface area contributed by atoms with Crippen molar-refractivity contribution in [1.82, 2.24) is 10.2 Å². The molecule has 64 valence electrons. The van der Waals surface area contributed by atoms with Gasteiger partial charge < -0.3 is 10.2 Å². The number of rotatable bonds is 2. The van der Waals surface area contributed by atoms with Crippen LogP contribution in [0, 0.1) is 0 Å². The Kier molecular flexibility index (Phi) is 3.43. The molecule has 0 aliphatic carbocycles. The predicted octanol–water partition coefficient (Wildman–Crippen LogP) is 1.21. The van der Waals surface area contributed by atoms with Crippen LogP contribution < -0.4 is 5.32 Å². The van der Waals surface area contributed by atoms with Crippen LogP contribution >= 0.6 is 0 Å². The van der Waals surface area contributed by atoms with Gasteiger partial charge in [0.2, 0.25) is 0 Å². The van der Waals surface area contributed by atoms with E-state index in [4.69, 9.17) is 0 Å². The molecule has 0 spiro atoms. The Labute approximate surface area is 69.3 Å². The highest BCUT2D eigenvalue weighted by Gasteiger charge is 2.09. The average molecular weight is 154 g/mol. The van der Waals surface area contributed by atoms with Crippen molar-refractivity contribution in [3.05, 3.63) is 11.8 Å². The quantitative estimate of drug-likeness (QED) is 0.643. The lowest BCUT2D eigenvalue weighted by Gasteiger charge is -2.31. The molecule has 11 heavy (non-hydrogen) atoms. The Morgan fingerprint density at radius 2 is 2.09 bits per heavy atom. The maximum atomic E-state index is 3.35. The van der Waals surface area contributed by atoms with Crippen LogP contribution in [-0.4, -0.2) is 31.1 Å². The number of nitrogens with zero attached hydrogens (tertiary/aromatic N) is 1. The molecule has 2 nitrogen and oxygen atoms in total. The van der Waals surface area contributed by atoms with Crippen molar-refractivity contribution in [2.24, 2.45) is 0 Å². The second kappa shape index (κ2) is 4.39. The lowest BCUT2D eigenvalue weighted by atomic mass is 10.2. The zero-order valence-corrected chi connectivity index (χ0v) is 7.56. The maximum absolute atomic E-state index is 3.35. The van der Waals surface area contributed by atoms with Crippen LogP contribution in [0.1, 0.15) is 20.3 Å². The standard InChI is InChI=1S/C9H18N2/c1-3-9(4-2)11-7-5-10-6-8-11/h3,10H,4-8H2,1-2H3. The van der Waals surface area contributed by atoms with E-state index >= 15 is 0 Å². The summed E-state index contributed by atoms with van der Waals surface area (Å²) < 4.78 is 0. The molecular formula is C9H18N2. The fourth-order valence-corrected chi connectivity index (χ4v) is 1.56. The SMILES string of the molecule is CC=C(CC)N1CCNCC1. The molecule has 0 amide bonds. The topological polar surface area (TPSA) is 15.3 Å². The largest absolute Gasteiger partial charge is 0.373 e. The molecule has 1 saturated heterocycles. The van der Waals surface area contributed by atoms with Crippen LogP contribution in [0.3, 0.4) is 0 Å². The van der Waals surface area contributed by atoms with E-state index in [0.717, 1.165) is 19.5 Å². The van der Waals surface area contributed by atoms with E-state index in [1.54, 1.807) is 0 Å². The minimum atomic E-state index is 1.14. The van der Waals surface area contributed by atoms with Gasteiger partial charge in [-0.3, -0.25) is 0 Å². The van der Waals surface area contributed by atoms with E-state index in [1.807, 2.05) is 0 Å². The molecule has 0 aromatic heterocycles. The van der Waals surface area contributed by atoms with E-state index in [2.05, 4.69) is 30.1 Å². The first-order valence-electron chi connectivity index (χ1n) is 4.49. The molecule has 0 atom stereocenters. The van der Waals surface area contributed by atoms with Gasteiger partial charge in [-0.2, -0.15) is 0 Å². The van der Waals surface area contributed by atoms with Crippen LogP contribution in [0.15, 0.2) is 11.8 Å². The first-order chi connectivity index (χ1) is 5.38. The molecule has 1 N–H and O–H groups in total. The molecule has 0 aromatic rings. The lowest BCUT2D eigenvalue weighted by molar-refractivity contribution is 0.292. The van der Waals surface area contributed by atoms with Crippen molar-refractivity contribution >= 4 is 0 Å². The molecule has 1 heterocycles. The van der Waals surface area contributed by atoms with Crippen LogP contribution in [0.25, 0.3) is 0 Å². The number of hydrogen-bond donors (Lipinski definition) is 1. The smallest absolute Gasteiger partial charge is 0.0300 e. The fraction of sp³-hybridized carbons (Fsp3) is 0.778. The van der Waals surface area contributed by atoms with Crippen molar-refractivity contribution < 1.29 is 0 Å². The Morgan fingerprint density at radius 3 is 2.55 bits per heavy atom. The van der Waals surface area contributed by atoms with Gasteiger partial charge in [0.1, 0.15) is 0 Å². The third-order valence-electron chi connectivity index (χ3n) is 2.22. The normalized spacial score (nSPS) is 20.5. The predicted molar refractivity (Wildman–Crippen MR) is 48.5 cm³/mol. The van der Waals surface area contributed by atoms with Gasteiger partial charge in [-0.1, -0.05) is 13.0 Å². The van der Waals surface area contributed by atoms with Crippen molar-refractivity contribution in [3.63, 3.8) is 0 Å². The number of nitrogens with one attached hydrogen (secondary N) is 1. The summed E-state index contributed by atoms with van der Waals surface area (Å²) in [5.41, 5.74) is 1.49. The first-order valence-corrected chi connectivity index (χ1v) is 4.49. The average Bonchev–Trinajstić information content (AvgIpc) is 2.09. The summed E-state index contributed by atoms with van der Waals surface area (Å²) in [7, 11) is 0. The molecule has 0 aromatic carbocycles. The van der Waals surface area contributed by atoms with Gasteiger partial charge in [-0.25, -0.2) is 0 Å². The summed E-state index contributed by atoms with van der Waals surface area (Å²) in [5, 5.41) is 3.35. The van der Waals surface area contributed by atoms with Crippen molar-refractivity contribution in [2.45, 2.75) is 20.3 Å². The molecule has 0 radical (unpaired) electrons. The number of piperazine rings is 1. The molecule has 1 fully saturated rings. The van der Waals surface area contributed by atoms with Gasteiger partial charge in [-0.05, 0) is 13.3 Å². The van der Waals surface area contributed by atoms with Gasteiger partial charge in [0.15, 0.2) is 0 Å². The lowest BCUT2D eigenvalue weighted by Crippen LogP contribution is -2.42. The van der Waals surface area contributed by atoms with E-state index in [0.29, 0.717) is 0 Å². The third-order valence-corrected chi connectivity index (χ3v) is 2.22. The Hall–Kier alpha value is -0.500. The molecule has 1 aliphatic heterocycles. The zero-order valence-electron chi connectivity index (χ0n) is 7.56. The van der Waals surface area contributed by atoms with E-state index in [9.17, 15) is 0 Å². The second-order valence-corrected chi connectivity index (χ2v) is 2.87. The highest BCUT2D eigenvalue weighted by molar-refractivity contribution is 4.99. The van der Waals surface area contributed by atoms with Gasteiger partial charge in [0.25, 0.3) is 0 Å². The van der Waals surface area contributed by atoms with E-state index in [-0.39, 0.29) is 0 Å². The van der Waals surface area contributed by atoms with Crippen LogP contribution in [0.2, 0.25) is 0 Å². The minimum Gasteiger partial charge on any atom is -0.373 e. The summed E-state index contributed by atoms with van der Waals surface area (Å²) in [6.45, 7) is 8.97. The van der Waals surface area contributed by atoms with Crippen molar-refractivity contribution in [2.75, 3.05) is 26.2 Å². The van der Waals surface area contributed by atoms with Crippen molar-refractivity contribution in [3.8, 4) is 0 Å².